The van der Waals surface area contributed by atoms with Gasteiger partial charge in [0.05, 0.1) is 0 Å². The summed E-state index contributed by atoms with van der Waals surface area (Å²) >= 11 is 0. The van der Waals surface area contributed by atoms with Crippen molar-refractivity contribution >= 4 is 11.8 Å². The number of amides is 2. The lowest BCUT2D eigenvalue weighted by atomic mass is 10.1. The summed E-state index contributed by atoms with van der Waals surface area (Å²) in [5.74, 6) is 0.135. The first-order chi connectivity index (χ1) is 12.6. The van der Waals surface area contributed by atoms with Crippen LogP contribution in [0.1, 0.15) is 31.0 Å². The average molecular weight is 354 g/mol. The zero-order valence-electron chi connectivity index (χ0n) is 15.5. The molecule has 0 spiro atoms. The summed E-state index contributed by atoms with van der Waals surface area (Å²) in [5, 5.41) is 4.19. The number of aryl methyl sites for hydroxylation is 1. The molecule has 1 aliphatic rings. The molecule has 0 aliphatic carbocycles. The van der Waals surface area contributed by atoms with Crippen LogP contribution in [-0.2, 0) is 22.7 Å². The minimum Gasteiger partial charge on any atom is -0.339 e. The summed E-state index contributed by atoms with van der Waals surface area (Å²) in [5.41, 5.74) is 2.08. The Bertz CT molecular complexity index is 756. The average Bonchev–Trinajstić information content (AvgIpc) is 2.97. The molecule has 2 aromatic rings. The zero-order chi connectivity index (χ0) is 18.5. The number of aromatic nitrogens is 2. The molecule has 1 aromatic heterocycles. The van der Waals surface area contributed by atoms with Crippen LogP contribution >= 0.6 is 0 Å². The molecule has 138 valence electrons. The predicted octanol–water partition coefficient (Wildman–Crippen LogP) is 2.23. The van der Waals surface area contributed by atoms with E-state index in [1.165, 1.54) is 0 Å². The Morgan fingerprint density at radius 3 is 2.65 bits per heavy atom. The minimum atomic E-state index is 0.0182. The summed E-state index contributed by atoms with van der Waals surface area (Å²) in [7, 11) is 0. The van der Waals surface area contributed by atoms with E-state index in [1.807, 2.05) is 53.1 Å². The molecule has 1 aliphatic heterocycles. The molecule has 1 saturated heterocycles. The SMILES string of the molecule is CC[C@H]1CN(C(=O)Cn2nccc2C)CCC(=O)N1Cc1ccccc1. The topological polar surface area (TPSA) is 58.4 Å². The van der Waals surface area contributed by atoms with Gasteiger partial charge in [-0.2, -0.15) is 5.10 Å². The van der Waals surface area contributed by atoms with Crippen LogP contribution in [0.4, 0.5) is 0 Å². The molecule has 1 fully saturated rings. The molecular formula is C20H26N4O2. The Kier molecular flexibility index (Phi) is 5.71. The van der Waals surface area contributed by atoms with Gasteiger partial charge in [0.1, 0.15) is 6.54 Å². The van der Waals surface area contributed by atoms with Crippen molar-refractivity contribution in [2.45, 2.75) is 45.8 Å². The highest BCUT2D eigenvalue weighted by Crippen LogP contribution is 2.18. The third-order valence-corrected chi connectivity index (χ3v) is 5.02. The van der Waals surface area contributed by atoms with Gasteiger partial charge in [-0.3, -0.25) is 14.3 Å². The lowest BCUT2D eigenvalue weighted by Crippen LogP contribution is -2.44. The van der Waals surface area contributed by atoms with Gasteiger partial charge in [-0.25, -0.2) is 0 Å². The van der Waals surface area contributed by atoms with Gasteiger partial charge in [-0.15, -0.1) is 0 Å². The number of carbonyl (C=O) groups excluding carboxylic acids is 2. The molecule has 0 radical (unpaired) electrons. The van der Waals surface area contributed by atoms with E-state index in [2.05, 4.69) is 12.0 Å². The van der Waals surface area contributed by atoms with Crippen LogP contribution in [0.25, 0.3) is 0 Å². The van der Waals surface area contributed by atoms with Gasteiger partial charge in [-0.1, -0.05) is 37.3 Å². The second-order valence-corrected chi connectivity index (χ2v) is 6.79. The monoisotopic (exact) mass is 354 g/mol. The molecule has 0 saturated carbocycles. The molecule has 6 nitrogen and oxygen atoms in total. The second-order valence-electron chi connectivity index (χ2n) is 6.79. The molecule has 0 N–H and O–H groups in total. The van der Waals surface area contributed by atoms with Crippen molar-refractivity contribution in [3.05, 3.63) is 53.9 Å². The maximum Gasteiger partial charge on any atom is 0.244 e. The quantitative estimate of drug-likeness (QED) is 0.827. The van der Waals surface area contributed by atoms with E-state index in [1.54, 1.807) is 10.9 Å². The smallest absolute Gasteiger partial charge is 0.244 e. The van der Waals surface area contributed by atoms with Gasteiger partial charge in [-0.05, 0) is 25.0 Å². The first-order valence-electron chi connectivity index (χ1n) is 9.18. The minimum absolute atomic E-state index is 0.0182. The molecular weight excluding hydrogens is 328 g/mol. The van der Waals surface area contributed by atoms with E-state index in [4.69, 9.17) is 0 Å². The van der Waals surface area contributed by atoms with E-state index in [9.17, 15) is 9.59 Å². The highest BCUT2D eigenvalue weighted by atomic mass is 16.2. The standard InChI is InChI=1S/C20H26N4O2/c1-3-18-14-22(20(26)15-24-16(2)9-11-21-24)12-10-19(25)23(18)13-17-7-5-4-6-8-17/h4-9,11,18H,3,10,12-15H2,1-2H3/t18-/m0/s1. The Labute approximate surface area is 154 Å². The van der Waals surface area contributed by atoms with Crippen molar-refractivity contribution in [2.75, 3.05) is 13.1 Å². The fourth-order valence-electron chi connectivity index (χ4n) is 3.39. The zero-order valence-corrected chi connectivity index (χ0v) is 15.5. The molecule has 6 heteroatoms. The van der Waals surface area contributed by atoms with Gasteiger partial charge >= 0.3 is 0 Å². The Hall–Kier alpha value is -2.63. The lowest BCUT2D eigenvalue weighted by molar-refractivity contribution is -0.133. The predicted molar refractivity (Wildman–Crippen MR) is 99.2 cm³/mol. The van der Waals surface area contributed by atoms with Crippen molar-refractivity contribution in [1.29, 1.82) is 0 Å². The summed E-state index contributed by atoms with van der Waals surface area (Å²) < 4.78 is 1.71. The first-order valence-corrected chi connectivity index (χ1v) is 9.18. The van der Waals surface area contributed by atoms with E-state index < -0.39 is 0 Å². The first kappa shape index (κ1) is 18.2. The summed E-state index contributed by atoms with van der Waals surface area (Å²) in [4.78, 5) is 29.2. The largest absolute Gasteiger partial charge is 0.339 e. The fourth-order valence-corrected chi connectivity index (χ4v) is 3.39. The van der Waals surface area contributed by atoms with Crippen LogP contribution in [0.15, 0.2) is 42.6 Å². The fraction of sp³-hybridized carbons (Fsp3) is 0.450. The van der Waals surface area contributed by atoms with Crippen LogP contribution in [0.2, 0.25) is 0 Å². The summed E-state index contributed by atoms with van der Waals surface area (Å²) in [6.45, 7) is 5.87. The molecule has 0 unspecified atom stereocenters. The third kappa shape index (κ3) is 4.12. The third-order valence-electron chi connectivity index (χ3n) is 5.02. The molecule has 3 rings (SSSR count). The van der Waals surface area contributed by atoms with Crippen molar-refractivity contribution in [1.82, 2.24) is 19.6 Å². The molecule has 26 heavy (non-hydrogen) atoms. The molecule has 2 heterocycles. The summed E-state index contributed by atoms with van der Waals surface area (Å²) in [6.07, 6.45) is 2.89. The van der Waals surface area contributed by atoms with Crippen LogP contribution < -0.4 is 0 Å². The Morgan fingerprint density at radius 1 is 1.23 bits per heavy atom. The van der Waals surface area contributed by atoms with Crippen LogP contribution in [0.5, 0.6) is 0 Å². The number of carbonyl (C=O) groups is 2. The summed E-state index contributed by atoms with van der Waals surface area (Å²) in [6, 6.07) is 11.9. The van der Waals surface area contributed by atoms with Crippen molar-refractivity contribution < 1.29 is 9.59 Å². The van der Waals surface area contributed by atoms with Gasteiger partial charge in [0, 0.05) is 44.0 Å². The van der Waals surface area contributed by atoms with Crippen molar-refractivity contribution in [2.24, 2.45) is 0 Å². The highest BCUT2D eigenvalue weighted by molar-refractivity contribution is 5.80. The number of benzene rings is 1. The van der Waals surface area contributed by atoms with E-state index in [-0.39, 0.29) is 24.4 Å². The van der Waals surface area contributed by atoms with Gasteiger partial charge in [0.15, 0.2) is 0 Å². The normalized spacial score (nSPS) is 18.1. The van der Waals surface area contributed by atoms with Gasteiger partial charge in [0.25, 0.3) is 0 Å². The number of hydrogen-bond donors (Lipinski definition) is 0. The van der Waals surface area contributed by atoms with Crippen LogP contribution in [0, 0.1) is 6.92 Å². The van der Waals surface area contributed by atoms with E-state index >= 15 is 0 Å². The van der Waals surface area contributed by atoms with E-state index in [0.717, 1.165) is 17.7 Å². The van der Waals surface area contributed by atoms with Gasteiger partial charge < -0.3 is 9.80 Å². The number of hydrogen-bond acceptors (Lipinski definition) is 3. The Balaban J connectivity index is 1.71. The molecule has 1 atom stereocenters. The number of nitrogens with zero attached hydrogens (tertiary/aromatic N) is 4. The van der Waals surface area contributed by atoms with Gasteiger partial charge in [0.2, 0.25) is 11.8 Å². The van der Waals surface area contributed by atoms with Crippen LogP contribution in [0.3, 0.4) is 0 Å². The highest BCUT2D eigenvalue weighted by Gasteiger charge is 2.30. The number of rotatable bonds is 5. The molecule has 0 bridgehead atoms. The molecule has 2 amide bonds. The van der Waals surface area contributed by atoms with E-state index in [0.29, 0.717) is 26.1 Å². The molecule has 1 aromatic carbocycles. The maximum atomic E-state index is 12.7. The van der Waals surface area contributed by atoms with Crippen molar-refractivity contribution in [3.8, 4) is 0 Å². The lowest BCUT2D eigenvalue weighted by Gasteiger charge is -2.31. The Morgan fingerprint density at radius 2 is 2.00 bits per heavy atom. The second kappa shape index (κ2) is 8.17. The maximum absolute atomic E-state index is 12.7. The van der Waals surface area contributed by atoms with Crippen molar-refractivity contribution in [3.63, 3.8) is 0 Å². The van der Waals surface area contributed by atoms with Crippen LogP contribution in [-0.4, -0.2) is 50.5 Å².